The predicted molar refractivity (Wildman–Crippen MR) is 93.1 cm³/mol. The summed E-state index contributed by atoms with van der Waals surface area (Å²) in [5.41, 5.74) is 2.80. The lowest BCUT2D eigenvalue weighted by Gasteiger charge is -2.15. The van der Waals surface area contributed by atoms with Crippen molar-refractivity contribution in [3.8, 4) is 5.75 Å². The van der Waals surface area contributed by atoms with Gasteiger partial charge in [-0.1, -0.05) is 66.7 Å². The monoisotopic (exact) mass is 318 g/mol. The molecule has 3 aromatic carbocycles. The van der Waals surface area contributed by atoms with E-state index in [0.717, 1.165) is 17.4 Å². The molecule has 0 aliphatic rings. The van der Waals surface area contributed by atoms with E-state index >= 15 is 0 Å². The molecular formula is C21H18O3. The summed E-state index contributed by atoms with van der Waals surface area (Å²) in [7, 11) is 0. The van der Waals surface area contributed by atoms with Crippen LogP contribution in [0.3, 0.4) is 0 Å². The average molecular weight is 318 g/mol. The first kappa shape index (κ1) is 16.0. The largest absolute Gasteiger partial charge is 0.489 e. The predicted octanol–water partition coefficient (Wildman–Crippen LogP) is 4.16. The minimum absolute atomic E-state index is 0.428. The van der Waals surface area contributed by atoms with Crippen molar-refractivity contribution in [3.05, 3.63) is 101 Å². The highest BCUT2D eigenvalue weighted by molar-refractivity contribution is 5.78. The molecule has 0 heterocycles. The van der Waals surface area contributed by atoms with Crippen molar-refractivity contribution in [2.45, 2.75) is 12.7 Å². The van der Waals surface area contributed by atoms with E-state index in [1.807, 2.05) is 60.7 Å². The van der Waals surface area contributed by atoms with Gasteiger partial charge in [0.25, 0.3) is 0 Å². The van der Waals surface area contributed by atoms with Gasteiger partial charge in [0.1, 0.15) is 18.5 Å². The van der Waals surface area contributed by atoms with Crippen molar-refractivity contribution in [2.75, 3.05) is 0 Å². The van der Waals surface area contributed by atoms with E-state index in [2.05, 4.69) is 0 Å². The van der Waals surface area contributed by atoms with Crippen LogP contribution in [0.4, 0.5) is 0 Å². The van der Waals surface area contributed by atoms with Gasteiger partial charge in [-0.15, -0.1) is 0 Å². The molecule has 0 radical (unpaired) electrons. The molecule has 0 bridgehead atoms. The average Bonchev–Trinajstić information content (AvgIpc) is 2.67. The molecule has 1 unspecified atom stereocenters. The van der Waals surface area contributed by atoms with Gasteiger partial charge < -0.3 is 9.84 Å². The fraction of sp³-hybridized carbons (Fsp3) is 0.0952. The van der Waals surface area contributed by atoms with E-state index in [0.29, 0.717) is 23.5 Å². The minimum atomic E-state index is -0.838. The number of rotatable bonds is 6. The number of hydrogen-bond donors (Lipinski definition) is 1. The van der Waals surface area contributed by atoms with Crippen LogP contribution in [0, 0.1) is 0 Å². The molecule has 3 heteroatoms. The lowest BCUT2D eigenvalue weighted by molar-refractivity contribution is 0.111. The molecule has 0 aromatic heterocycles. The summed E-state index contributed by atoms with van der Waals surface area (Å²) in [4.78, 5) is 11.4. The normalized spacial score (nSPS) is 11.7. The summed E-state index contributed by atoms with van der Waals surface area (Å²) in [6, 6.07) is 24.3. The van der Waals surface area contributed by atoms with E-state index in [1.54, 1.807) is 18.2 Å². The van der Waals surface area contributed by atoms with E-state index in [1.165, 1.54) is 0 Å². The fourth-order valence-electron chi connectivity index (χ4n) is 2.55. The van der Waals surface area contributed by atoms with Crippen LogP contribution < -0.4 is 4.74 Å². The van der Waals surface area contributed by atoms with Crippen LogP contribution in [-0.4, -0.2) is 11.4 Å². The maximum absolute atomic E-state index is 11.4. The standard InChI is InChI=1S/C21H18O3/c22-14-18-13-19(24-15-16-7-3-1-4-8-16)11-12-20(18)21(23)17-9-5-2-6-10-17/h1-14,21,23H,15H2. The second-order valence-electron chi connectivity index (χ2n) is 5.50. The lowest BCUT2D eigenvalue weighted by Crippen LogP contribution is -2.04. The summed E-state index contributed by atoms with van der Waals surface area (Å²) in [6.45, 7) is 0.430. The van der Waals surface area contributed by atoms with Crippen LogP contribution in [0.15, 0.2) is 78.9 Å². The Kier molecular flexibility index (Phi) is 5.04. The van der Waals surface area contributed by atoms with Crippen LogP contribution in [0.5, 0.6) is 5.75 Å². The molecule has 0 amide bonds. The van der Waals surface area contributed by atoms with Crippen molar-refractivity contribution in [2.24, 2.45) is 0 Å². The van der Waals surface area contributed by atoms with Crippen LogP contribution >= 0.6 is 0 Å². The zero-order valence-corrected chi connectivity index (χ0v) is 13.1. The number of benzene rings is 3. The molecule has 1 N–H and O–H groups in total. The van der Waals surface area contributed by atoms with Crippen molar-refractivity contribution in [3.63, 3.8) is 0 Å². The Morgan fingerprint density at radius 3 is 2.25 bits per heavy atom. The zero-order chi connectivity index (χ0) is 16.8. The van der Waals surface area contributed by atoms with Gasteiger partial charge in [-0.25, -0.2) is 0 Å². The van der Waals surface area contributed by atoms with Crippen molar-refractivity contribution in [1.82, 2.24) is 0 Å². The molecule has 120 valence electrons. The highest BCUT2D eigenvalue weighted by atomic mass is 16.5. The second-order valence-corrected chi connectivity index (χ2v) is 5.50. The molecule has 3 nitrogen and oxygen atoms in total. The van der Waals surface area contributed by atoms with Crippen LogP contribution in [0.25, 0.3) is 0 Å². The molecule has 0 aliphatic carbocycles. The lowest BCUT2D eigenvalue weighted by atomic mass is 9.97. The first-order chi connectivity index (χ1) is 11.8. The highest BCUT2D eigenvalue weighted by Gasteiger charge is 2.15. The highest BCUT2D eigenvalue weighted by Crippen LogP contribution is 2.27. The fourth-order valence-corrected chi connectivity index (χ4v) is 2.55. The number of aliphatic hydroxyl groups excluding tert-OH is 1. The first-order valence-electron chi connectivity index (χ1n) is 7.77. The molecule has 0 spiro atoms. The summed E-state index contributed by atoms with van der Waals surface area (Å²) in [5, 5.41) is 10.5. The van der Waals surface area contributed by atoms with Gasteiger partial charge in [-0.3, -0.25) is 4.79 Å². The Bertz CT molecular complexity index is 798. The second kappa shape index (κ2) is 7.57. The van der Waals surface area contributed by atoms with E-state index in [4.69, 9.17) is 4.74 Å². The Labute approximate surface area is 141 Å². The van der Waals surface area contributed by atoms with Gasteiger partial charge >= 0.3 is 0 Å². The SMILES string of the molecule is O=Cc1cc(OCc2ccccc2)ccc1C(O)c1ccccc1. The summed E-state index contributed by atoms with van der Waals surface area (Å²) in [6.07, 6.45) is -0.0915. The summed E-state index contributed by atoms with van der Waals surface area (Å²) >= 11 is 0. The molecule has 1 atom stereocenters. The number of aliphatic hydroxyl groups is 1. The van der Waals surface area contributed by atoms with Gasteiger partial charge in [0.05, 0.1) is 0 Å². The van der Waals surface area contributed by atoms with Crippen LogP contribution in [-0.2, 0) is 6.61 Å². The Balaban J connectivity index is 1.79. The zero-order valence-electron chi connectivity index (χ0n) is 13.1. The molecule has 24 heavy (non-hydrogen) atoms. The Morgan fingerprint density at radius 2 is 1.58 bits per heavy atom. The molecule has 0 fully saturated rings. The topological polar surface area (TPSA) is 46.5 Å². The van der Waals surface area contributed by atoms with Crippen molar-refractivity contribution in [1.29, 1.82) is 0 Å². The Morgan fingerprint density at radius 1 is 0.917 bits per heavy atom. The summed E-state index contributed by atoms with van der Waals surface area (Å²) < 4.78 is 5.73. The molecular weight excluding hydrogens is 300 g/mol. The molecule has 3 rings (SSSR count). The minimum Gasteiger partial charge on any atom is -0.489 e. The van der Waals surface area contributed by atoms with E-state index in [9.17, 15) is 9.90 Å². The Hall–Kier alpha value is -2.91. The third kappa shape index (κ3) is 3.70. The molecule has 0 aliphatic heterocycles. The third-order valence-corrected chi connectivity index (χ3v) is 3.84. The van der Waals surface area contributed by atoms with Gasteiger partial charge in [-0.2, -0.15) is 0 Å². The first-order valence-corrected chi connectivity index (χ1v) is 7.77. The number of hydrogen-bond acceptors (Lipinski definition) is 3. The number of carbonyl (C=O) groups is 1. The summed E-state index contributed by atoms with van der Waals surface area (Å²) in [5.74, 6) is 0.602. The van der Waals surface area contributed by atoms with Gasteiger partial charge in [0.2, 0.25) is 0 Å². The van der Waals surface area contributed by atoms with Gasteiger partial charge in [0, 0.05) is 5.56 Å². The van der Waals surface area contributed by atoms with Gasteiger partial charge in [0.15, 0.2) is 6.29 Å². The number of ether oxygens (including phenoxy) is 1. The van der Waals surface area contributed by atoms with Crippen molar-refractivity contribution < 1.29 is 14.6 Å². The third-order valence-electron chi connectivity index (χ3n) is 3.84. The van der Waals surface area contributed by atoms with Crippen LogP contribution in [0.2, 0.25) is 0 Å². The quantitative estimate of drug-likeness (QED) is 0.694. The molecule has 0 saturated carbocycles. The van der Waals surface area contributed by atoms with E-state index < -0.39 is 6.10 Å². The van der Waals surface area contributed by atoms with Crippen molar-refractivity contribution >= 4 is 6.29 Å². The van der Waals surface area contributed by atoms with E-state index in [-0.39, 0.29) is 0 Å². The maximum atomic E-state index is 11.4. The van der Waals surface area contributed by atoms with Gasteiger partial charge in [-0.05, 0) is 28.8 Å². The number of carbonyl (C=O) groups excluding carboxylic acids is 1. The molecule has 3 aromatic rings. The molecule has 0 saturated heterocycles. The maximum Gasteiger partial charge on any atom is 0.150 e. The van der Waals surface area contributed by atoms with Crippen LogP contribution in [0.1, 0.15) is 33.2 Å². The smallest absolute Gasteiger partial charge is 0.150 e. The number of aldehydes is 1.